The van der Waals surface area contributed by atoms with Crippen molar-refractivity contribution >= 4 is 0 Å². The molecule has 0 spiro atoms. The molecule has 3 heteroatoms. The maximum Gasteiger partial charge on any atom is 0.395 e. The number of rotatable bonds is 2. The van der Waals surface area contributed by atoms with Crippen LogP contribution in [0.1, 0.15) is 30.9 Å². The third-order valence-electron chi connectivity index (χ3n) is 2.42. The molecule has 0 fully saturated rings. The Morgan fingerprint density at radius 1 is 1.13 bits per heavy atom. The lowest BCUT2D eigenvalue weighted by Crippen LogP contribution is -2.25. The molecule has 0 aromatic heterocycles. The Balaban J connectivity index is 3.11. The smallest absolute Gasteiger partial charge is 0.170 e. The van der Waals surface area contributed by atoms with Gasteiger partial charge in [0.15, 0.2) is 0 Å². The van der Waals surface area contributed by atoms with Gasteiger partial charge < -0.3 is 0 Å². The molecule has 1 aromatic carbocycles. The first kappa shape index (κ1) is 12.1. The summed E-state index contributed by atoms with van der Waals surface area (Å²) in [6.45, 7) is 5.00. The van der Waals surface area contributed by atoms with Crippen LogP contribution in [0.5, 0.6) is 0 Å². The highest BCUT2D eigenvalue weighted by atomic mass is 19.4. The van der Waals surface area contributed by atoms with Gasteiger partial charge in [-0.2, -0.15) is 13.2 Å². The van der Waals surface area contributed by atoms with Gasteiger partial charge in [-0.15, -0.1) is 0 Å². The van der Waals surface area contributed by atoms with Crippen molar-refractivity contribution in [3.05, 3.63) is 35.4 Å². The minimum absolute atomic E-state index is 0.359. The Kier molecular flexibility index (Phi) is 3.42. The molecule has 0 nitrogen and oxygen atoms in total. The summed E-state index contributed by atoms with van der Waals surface area (Å²) >= 11 is 0. The Bertz CT molecular complexity index is 326. The minimum Gasteiger partial charge on any atom is -0.170 e. The van der Waals surface area contributed by atoms with E-state index in [1.54, 1.807) is 45.0 Å². The van der Waals surface area contributed by atoms with Crippen LogP contribution in [0.3, 0.4) is 0 Å². The summed E-state index contributed by atoms with van der Waals surface area (Å²) in [5.74, 6) is -1.80. The molecule has 1 unspecified atom stereocenters. The fraction of sp³-hybridized carbons (Fsp3) is 0.500. The van der Waals surface area contributed by atoms with Gasteiger partial charge in [0.2, 0.25) is 0 Å². The molecule has 0 saturated heterocycles. The van der Waals surface area contributed by atoms with Gasteiger partial charge in [-0.1, -0.05) is 43.7 Å². The quantitative estimate of drug-likeness (QED) is 0.691. The molecular formula is C12H15F3. The Labute approximate surface area is 88.1 Å². The highest BCUT2D eigenvalue weighted by molar-refractivity contribution is 5.27. The van der Waals surface area contributed by atoms with Crippen LogP contribution in [0.2, 0.25) is 0 Å². The molecule has 1 rings (SSSR count). The van der Waals surface area contributed by atoms with Crippen molar-refractivity contribution in [2.24, 2.45) is 5.92 Å². The second-order valence-electron chi connectivity index (χ2n) is 4.18. The predicted molar refractivity (Wildman–Crippen MR) is 54.8 cm³/mol. The van der Waals surface area contributed by atoms with Crippen molar-refractivity contribution in [2.75, 3.05) is 0 Å². The first-order chi connectivity index (χ1) is 6.82. The summed E-state index contributed by atoms with van der Waals surface area (Å²) < 4.78 is 38.4. The maximum atomic E-state index is 12.8. The third-order valence-corrected chi connectivity index (χ3v) is 2.42. The first-order valence-electron chi connectivity index (χ1n) is 4.95. The molecule has 0 saturated carbocycles. The number of alkyl halides is 3. The van der Waals surface area contributed by atoms with E-state index in [-0.39, 0.29) is 0 Å². The SMILES string of the molecule is Cc1cccc(C(C(C)C)C(F)(F)F)c1. The average Bonchev–Trinajstić information content (AvgIpc) is 1.99. The van der Waals surface area contributed by atoms with E-state index >= 15 is 0 Å². The maximum absolute atomic E-state index is 12.8. The molecule has 0 N–H and O–H groups in total. The zero-order valence-electron chi connectivity index (χ0n) is 9.10. The summed E-state index contributed by atoms with van der Waals surface area (Å²) in [6.07, 6.45) is -4.16. The highest BCUT2D eigenvalue weighted by Crippen LogP contribution is 2.40. The number of aryl methyl sites for hydroxylation is 1. The van der Waals surface area contributed by atoms with Gasteiger partial charge in [-0.05, 0) is 18.4 Å². The third kappa shape index (κ3) is 2.98. The van der Waals surface area contributed by atoms with Crippen LogP contribution < -0.4 is 0 Å². The lowest BCUT2D eigenvalue weighted by molar-refractivity contribution is -0.159. The minimum atomic E-state index is -4.16. The van der Waals surface area contributed by atoms with E-state index in [0.717, 1.165) is 5.56 Å². The molecule has 15 heavy (non-hydrogen) atoms. The molecule has 0 heterocycles. The van der Waals surface area contributed by atoms with E-state index < -0.39 is 18.0 Å². The van der Waals surface area contributed by atoms with E-state index in [1.165, 1.54) is 0 Å². The fourth-order valence-corrected chi connectivity index (χ4v) is 1.82. The van der Waals surface area contributed by atoms with Gasteiger partial charge >= 0.3 is 6.18 Å². The van der Waals surface area contributed by atoms with Gasteiger partial charge in [-0.3, -0.25) is 0 Å². The molecule has 84 valence electrons. The summed E-state index contributed by atoms with van der Waals surface area (Å²) in [4.78, 5) is 0. The number of hydrogen-bond acceptors (Lipinski definition) is 0. The van der Waals surface area contributed by atoms with Gasteiger partial charge in [-0.25, -0.2) is 0 Å². The second-order valence-corrected chi connectivity index (χ2v) is 4.18. The first-order valence-corrected chi connectivity index (χ1v) is 4.95. The van der Waals surface area contributed by atoms with E-state index in [2.05, 4.69) is 0 Å². The lowest BCUT2D eigenvalue weighted by atomic mass is 9.87. The fourth-order valence-electron chi connectivity index (χ4n) is 1.82. The van der Waals surface area contributed by atoms with Crippen molar-refractivity contribution < 1.29 is 13.2 Å². The molecule has 0 aliphatic carbocycles. The Hall–Kier alpha value is -0.990. The van der Waals surface area contributed by atoms with Crippen molar-refractivity contribution in [3.63, 3.8) is 0 Å². The Morgan fingerprint density at radius 2 is 1.73 bits per heavy atom. The number of benzene rings is 1. The van der Waals surface area contributed by atoms with Crippen molar-refractivity contribution in [2.45, 2.75) is 32.9 Å². The van der Waals surface area contributed by atoms with Crippen molar-refractivity contribution in [1.29, 1.82) is 0 Å². The van der Waals surface area contributed by atoms with Crippen LogP contribution in [-0.4, -0.2) is 6.18 Å². The van der Waals surface area contributed by atoms with Crippen LogP contribution in [-0.2, 0) is 0 Å². The van der Waals surface area contributed by atoms with Crippen molar-refractivity contribution in [3.8, 4) is 0 Å². The van der Waals surface area contributed by atoms with E-state index in [9.17, 15) is 13.2 Å². The monoisotopic (exact) mass is 216 g/mol. The predicted octanol–water partition coefficient (Wildman–Crippen LogP) is 4.30. The van der Waals surface area contributed by atoms with Gasteiger partial charge in [0.1, 0.15) is 0 Å². The standard InChI is InChI=1S/C12H15F3/c1-8(2)11(12(13,14)15)10-6-4-5-9(3)7-10/h4-8,11H,1-3H3. The van der Waals surface area contributed by atoms with Gasteiger partial charge in [0, 0.05) is 0 Å². The normalized spacial score (nSPS) is 14.3. The molecule has 0 amide bonds. The Morgan fingerprint density at radius 3 is 2.13 bits per heavy atom. The summed E-state index contributed by atoms with van der Waals surface area (Å²) in [5.41, 5.74) is 1.22. The molecule has 1 aromatic rings. The van der Waals surface area contributed by atoms with Crippen LogP contribution in [0.15, 0.2) is 24.3 Å². The summed E-state index contributed by atoms with van der Waals surface area (Å²) in [5, 5.41) is 0. The van der Waals surface area contributed by atoms with E-state index in [1.807, 2.05) is 0 Å². The lowest BCUT2D eigenvalue weighted by Gasteiger charge is -2.24. The van der Waals surface area contributed by atoms with Crippen LogP contribution in [0.25, 0.3) is 0 Å². The molecule has 0 aliphatic heterocycles. The summed E-state index contributed by atoms with van der Waals surface area (Å²) in [7, 11) is 0. The molecule has 0 aliphatic rings. The van der Waals surface area contributed by atoms with E-state index in [0.29, 0.717) is 5.56 Å². The second kappa shape index (κ2) is 4.25. The number of halogens is 3. The average molecular weight is 216 g/mol. The molecule has 1 atom stereocenters. The zero-order chi connectivity index (χ0) is 11.6. The number of hydrogen-bond donors (Lipinski definition) is 0. The highest BCUT2D eigenvalue weighted by Gasteiger charge is 2.42. The van der Waals surface area contributed by atoms with E-state index in [4.69, 9.17) is 0 Å². The van der Waals surface area contributed by atoms with Gasteiger partial charge in [0.25, 0.3) is 0 Å². The van der Waals surface area contributed by atoms with Gasteiger partial charge in [0.05, 0.1) is 5.92 Å². The summed E-state index contributed by atoms with van der Waals surface area (Å²) in [6, 6.07) is 6.63. The molecular weight excluding hydrogens is 201 g/mol. The van der Waals surface area contributed by atoms with Crippen LogP contribution in [0, 0.1) is 12.8 Å². The van der Waals surface area contributed by atoms with Crippen LogP contribution >= 0.6 is 0 Å². The van der Waals surface area contributed by atoms with Crippen molar-refractivity contribution in [1.82, 2.24) is 0 Å². The van der Waals surface area contributed by atoms with Crippen LogP contribution in [0.4, 0.5) is 13.2 Å². The largest absolute Gasteiger partial charge is 0.395 e. The molecule has 0 radical (unpaired) electrons. The molecule has 0 bridgehead atoms. The topological polar surface area (TPSA) is 0 Å². The zero-order valence-corrected chi connectivity index (χ0v) is 9.10.